The second-order valence-corrected chi connectivity index (χ2v) is 4.35. The van der Waals surface area contributed by atoms with Crippen LogP contribution in [-0.4, -0.2) is 20.3 Å². The van der Waals surface area contributed by atoms with Crippen molar-refractivity contribution >= 4 is 11.7 Å². The van der Waals surface area contributed by atoms with E-state index < -0.39 is 5.91 Å². The van der Waals surface area contributed by atoms with Crippen molar-refractivity contribution in [2.75, 3.05) is 0 Å². The summed E-state index contributed by atoms with van der Waals surface area (Å²) in [6.45, 7) is 1.86. The third-order valence-electron chi connectivity index (χ3n) is 3.03. The summed E-state index contributed by atoms with van der Waals surface area (Å²) in [6.07, 6.45) is 5.44. The Morgan fingerprint density at radius 1 is 1.37 bits per heavy atom. The van der Waals surface area contributed by atoms with Crippen LogP contribution < -0.4 is 5.73 Å². The first kappa shape index (κ1) is 11.4. The van der Waals surface area contributed by atoms with Gasteiger partial charge < -0.3 is 5.73 Å². The van der Waals surface area contributed by atoms with Gasteiger partial charge in [-0.3, -0.25) is 9.20 Å². The van der Waals surface area contributed by atoms with Crippen molar-refractivity contribution in [1.82, 2.24) is 14.4 Å². The van der Waals surface area contributed by atoms with E-state index in [9.17, 15) is 4.79 Å². The molecule has 1 amide bonds. The van der Waals surface area contributed by atoms with Gasteiger partial charge in [0.05, 0.1) is 5.69 Å². The fourth-order valence-corrected chi connectivity index (χ4v) is 2.02. The van der Waals surface area contributed by atoms with Crippen LogP contribution in [0.1, 0.15) is 15.9 Å². The second-order valence-electron chi connectivity index (χ2n) is 4.35. The minimum absolute atomic E-state index is 0.429. The van der Waals surface area contributed by atoms with Crippen LogP contribution in [0.25, 0.3) is 17.0 Å². The number of hydrogen-bond donors (Lipinski definition) is 1. The van der Waals surface area contributed by atoms with Gasteiger partial charge in [-0.1, -0.05) is 12.1 Å². The fourth-order valence-electron chi connectivity index (χ4n) is 2.02. The van der Waals surface area contributed by atoms with Gasteiger partial charge in [-0.15, -0.1) is 0 Å². The Balaban J connectivity index is 2.16. The van der Waals surface area contributed by atoms with Gasteiger partial charge in [0, 0.05) is 29.7 Å². The molecular formula is C14H12N4O. The van der Waals surface area contributed by atoms with E-state index in [-0.39, 0.29) is 0 Å². The molecule has 0 aliphatic carbocycles. The summed E-state index contributed by atoms with van der Waals surface area (Å²) in [5.74, 6) is 0.194. The van der Waals surface area contributed by atoms with Gasteiger partial charge in [-0.2, -0.15) is 0 Å². The molecule has 2 N–H and O–H groups in total. The topological polar surface area (TPSA) is 73.3 Å². The van der Waals surface area contributed by atoms with Gasteiger partial charge in [0.2, 0.25) is 11.7 Å². The molecule has 94 valence electrons. The number of primary amides is 1. The van der Waals surface area contributed by atoms with Crippen LogP contribution >= 0.6 is 0 Å². The predicted molar refractivity (Wildman–Crippen MR) is 71.7 cm³/mol. The van der Waals surface area contributed by atoms with E-state index in [0.717, 1.165) is 16.8 Å². The Kier molecular flexibility index (Phi) is 2.52. The minimum atomic E-state index is -0.429. The summed E-state index contributed by atoms with van der Waals surface area (Å²) in [5, 5.41) is 0. The maximum atomic E-state index is 11.4. The maximum absolute atomic E-state index is 11.4. The minimum Gasteiger partial charge on any atom is -0.366 e. The van der Waals surface area contributed by atoms with E-state index in [4.69, 9.17) is 5.73 Å². The Morgan fingerprint density at radius 2 is 2.21 bits per heavy atom. The molecule has 5 nitrogen and oxygen atoms in total. The molecule has 19 heavy (non-hydrogen) atoms. The molecule has 2 heterocycles. The van der Waals surface area contributed by atoms with Crippen molar-refractivity contribution in [3.8, 4) is 11.3 Å². The summed E-state index contributed by atoms with van der Waals surface area (Å²) >= 11 is 0. The van der Waals surface area contributed by atoms with Gasteiger partial charge in [-0.05, 0) is 24.6 Å². The molecule has 3 rings (SSSR count). The quantitative estimate of drug-likeness (QED) is 0.755. The number of carbonyl (C=O) groups excluding carboxylic acids is 1. The van der Waals surface area contributed by atoms with Crippen molar-refractivity contribution in [3.63, 3.8) is 0 Å². The third kappa shape index (κ3) is 1.95. The zero-order valence-corrected chi connectivity index (χ0v) is 10.4. The van der Waals surface area contributed by atoms with Crippen molar-refractivity contribution in [2.45, 2.75) is 6.92 Å². The number of nitrogens with two attached hydrogens (primary N) is 1. The van der Waals surface area contributed by atoms with Crippen LogP contribution in [0.5, 0.6) is 0 Å². The van der Waals surface area contributed by atoms with E-state index in [1.54, 1.807) is 12.3 Å². The van der Waals surface area contributed by atoms with E-state index in [1.165, 1.54) is 0 Å². The van der Waals surface area contributed by atoms with E-state index in [0.29, 0.717) is 11.3 Å². The third-order valence-corrected chi connectivity index (χ3v) is 3.03. The summed E-state index contributed by atoms with van der Waals surface area (Å²) in [6, 6.07) is 7.39. The smallest absolute Gasteiger partial charge is 0.248 e. The number of rotatable bonds is 2. The largest absolute Gasteiger partial charge is 0.366 e. The lowest BCUT2D eigenvalue weighted by Gasteiger charge is -2.03. The number of aryl methyl sites for hydroxylation is 1. The Labute approximate surface area is 109 Å². The molecule has 0 saturated heterocycles. The summed E-state index contributed by atoms with van der Waals surface area (Å²) in [4.78, 5) is 19.9. The van der Waals surface area contributed by atoms with Gasteiger partial charge >= 0.3 is 0 Å². The van der Waals surface area contributed by atoms with E-state index in [2.05, 4.69) is 9.97 Å². The van der Waals surface area contributed by atoms with Crippen molar-refractivity contribution in [3.05, 3.63) is 54.0 Å². The van der Waals surface area contributed by atoms with Gasteiger partial charge in [0.1, 0.15) is 0 Å². The highest BCUT2D eigenvalue weighted by Gasteiger charge is 2.09. The molecule has 0 radical (unpaired) electrons. The van der Waals surface area contributed by atoms with Crippen LogP contribution in [0.15, 0.2) is 42.9 Å². The zero-order chi connectivity index (χ0) is 13.4. The number of benzene rings is 1. The molecule has 5 heteroatoms. The van der Waals surface area contributed by atoms with Crippen molar-refractivity contribution in [2.24, 2.45) is 5.73 Å². The first-order chi connectivity index (χ1) is 9.15. The first-order valence-corrected chi connectivity index (χ1v) is 5.86. The Bertz CT molecular complexity index is 743. The number of fused-ring (bicyclic) bond motifs is 1. The fraction of sp³-hybridized carbons (Fsp3) is 0.0714. The molecule has 0 aliphatic rings. The standard InChI is InChI=1S/C14H12N4O/c1-9-3-4-10(7-11(9)13(15)19)12-8-18-6-2-5-16-14(18)17-12/h2-8H,1H3,(H2,15,19). The highest BCUT2D eigenvalue weighted by molar-refractivity contribution is 5.95. The Morgan fingerprint density at radius 3 is 2.95 bits per heavy atom. The Hall–Kier alpha value is -2.69. The van der Waals surface area contributed by atoms with E-state index in [1.807, 2.05) is 41.9 Å². The molecule has 0 fully saturated rings. The lowest BCUT2D eigenvalue weighted by atomic mass is 10.0. The molecule has 3 aromatic rings. The van der Waals surface area contributed by atoms with Crippen LogP contribution in [0.3, 0.4) is 0 Å². The average molecular weight is 252 g/mol. The molecule has 0 bridgehead atoms. The maximum Gasteiger partial charge on any atom is 0.248 e. The highest BCUT2D eigenvalue weighted by atomic mass is 16.1. The normalized spacial score (nSPS) is 10.8. The molecule has 0 spiro atoms. The average Bonchev–Trinajstić information content (AvgIpc) is 2.82. The monoisotopic (exact) mass is 252 g/mol. The molecule has 0 unspecified atom stereocenters. The predicted octanol–water partition coefficient (Wildman–Crippen LogP) is 1.80. The number of nitrogens with zero attached hydrogens (tertiary/aromatic N) is 3. The SMILES string of the molecule is Cc1ccc(-c2cn3cccnc3n2)cc1C(N)=O. The van der Waals surface area contributed by atoms with Crippen LogP contribution in [0.4, 0.5) is 0 Å². The molecule has 0 atom stereocenters. The van der Waals surface area contributed by atoms with E-state index >= 15 is 0 Å². The van der Waals surface area contributed by atoms with Crippen molar-refractivity contribution < 1.29 is 4.79 Å². The number of hydrogen-bond acceptors (Lipinski definition) is 3. The number of carbonyl (C=O) groups is 1. The van der Waals surface area contributed by atoms with Crippen LogP contribution in [0.2, 0.25) is 0 Å². The van der Waals surface area contributed by atoms with Crippen LogP contribution in [0, 0.1) is 6.92 Å². The van der Waals surface area contributed by atoms with Crippen molar-refractivity contribution in [1.29, 1.82) is 0 Å². The van der Waals surface area contributed by atoms with Crippen LogP contribution in [-0.2, 0) is 0 Å². The lowest BCUT2D eigenvalue weighted by Crippen LogP contribution is -2.12. The van der Waals surface area contributed by atoms with Gasteiger partial charge in [0.15, 0.2) is 0 Å². The summed E-state index contributed by atoms with van der Waals surface area (Å²) in [5.41, 5.74) is 8.35. The molecule has 1 aromatic carbocycles. The number of amides is 1. The zero-order valence-electron chi connectivity index (χ0n) is 10.4. The van der Waals surface area contributed by atoms with Gasteiger partial charge in [0.25, 0.3) is 0 Å². The molecule has 0 aliphatic heterocycles. The second kappa shape index (κ2) is 4.20. The van der Waals surface area contributed by atoms with Gasteiger partial charge in [-0.25, -0.2) is 9.97 Å². The lowest BCUT2D eigenvalue weighted by molar-refractivity contribution is 0.1000. The molecule has 0 saturated carbocycles. The summed E-state index contributed by atoms with van der Waals surface area (Å²) in [7, 11) is 0. The molecule has 2 aromatic heterocycles. The number of aromatic nitrogens is 3. The first-order valence-electron chi connectivity index (χ1n) is 5.86. The highest BCUT2D eigenvalue weighted by Crippen LogP contribution is 2.21. The molecular weight excluding hydrogens is 240 g/mol. The number of imidazole rings is 1. The summed E-state index contributed by atoms with van der Waals surface area (Å²) < 4.78 is 1.83.